The zero-order chi connectivity index (χ0) is 22.0. The molecular weight excluding hydrogens is 432 g/mol. The molecule has 2 N–H and O–H groups in total. The van der Waals surface area contributed by atoms with Crippen molar-refractivity contribution >= 4 is 37.5 Å². The molecule has 0 unspecified atom stereocenters. The van der Waals surface area contributed by atoms with Crippen LogP contribution in [0.3, 0.4) is 0 Å². The summed E-state index contributed by atoms with van der Waals surface area (Å²) in [5.41, 5.74) is 3.41. The molecule has 8 heteroatoms. The van der Waals surface area contributed by atoms with Gasteiger partial charge in [0.1, 0.15) is 5.01 Å². The van der Waals surface area contributed by atoms with Crippen molar-refractivity contribution in [2.45, 2.75) is 18.2 Å². The van der Waals surface area contributed by atoms with Crippen molar-refractivity contribution in [2.75, 3.05) is 6.54 Å². The molecular formula is C23H20N2O4S2. The van der Waals surface area contributed by atoms with Gasteiger partial charge in [-0.1, -0.05) is 42.5 Å². The van der Waals surface area contributed by atoms with E-state index in [4.69, 9.17) is 4.98 Å². The largest absolute Gasteiger partial charge is 0.478 e. The van der Waals surface area contributed by atoms with Gasteiger partial charge in [0.05, 0.1) is 20.7 Å². The first-order valence-electron chi connectivity index (χ1n) is 9.62. The molecule has 1 heterocycles. The maximum atomic E-state index is 12.6. The number of sulfonamides is 1. The SMILES string of the molecule is Cc1ccc(S(=O)(=O)NCCc2ccc3sc(-c4ccccc4)nc3c2)cc1C(=O)O. The third kappa shape index (κ3) is 4.66. The van der Waals surface area contributed by atoms with Crippen molar-refractivity contribution in [3.05, 3.63) is 83.4 Å². The summed E-state index contributed by atoms with van der Waals surface area (Å²) in [7, 11) is -3.80. The summed E-state index contributed by atoms with van der Waals surface area (Å²) in [6.45, 7) is 1.82. The third-order valence-corrected chi connectivity index (χ3v) is 7.47. The Hall–Kier alpha value is -3.07. The summed E-state index contributed by atoms with van der Waals surface area (Å²) in [6.07, 6.45) is 0.491. The molecule has 0 fully saturated rings. The number of carbonyl (C=O) groups is 1. The number of nitrogens with zero attached hydrogens (tertiary/aromatic N) is 1. The quantitative estimate of drug-likeness (QED) is 0.431. The zero-order valence-corrected chi connectivity index (χ0v) is 18.3. The number of thiazole rings is 1. The van der Waals surface area contributed by atoms with Gasteiger partial charge in [0.25, 0.3) is 0 Å². The average molecular weight is 453 g/mol. The maximum absolute atomic E-state index is 12.6. The molecule has 0 aliphatic heterocycles. The van der Waals surface area contributed by atoms with E-state index in [0.717, 1.165) is 26.4 Å². The fourth-order valence-corrected chi connectivity index (χ4v) is 5.25. The van der Waals surface area contributed by atoms with E-state index in [1.54, 1.807) is 18.3 Å². The molecule has 0 saturated heterocycles. The van der Waals surface area contributed by atoms with Crippen LogP contribution in [0.25, 0.3) is 20.8 Å². The minimum Gasteiger partial charge on any atom is -0.478 e. The number of hydrogen-bond acceptors (Lipinski definition) is 5. The number of carboxylic acid groups (broad SMARTS) is 1. The number of aromatic nitrogens is 1. The summed E-state index contributed by atoms with van der Waals surface area (Å²) in [5.74, 6) is -1.15. The number of rotatable bonds is 7. The summed E-state index contributed by atoms with van der Waals surface area (Å²) in [6, 6.07) is 20.0. The lowest BCUT2D eigenvalue weighted by Crippen LogP contribution is -2.26. The molecule has 0 radical (unpaired) electrons. The Morgan fingerprint density at radius 2 is 1.84 bits per heavy atom. The Labute approximate surface area is 184 Å². The van der Waals surface area contributed by atoms with Gasteiger partial charge in [0, 0.05) is 12.1 Å². The first-order valence-corrected chi connectivity index (χ1v) is 11.9. The molecule has 31 heavy (non-hydrogen) atoms. The summed E-state index contributed by atoms with van der Waals surface area (Å²) in [5, 5.41) is 10.2. The summed E-state index contributed by atoms with van der Waals surface area (Å²) < 4.78 is 28.8. The highest BCUT2D eigenvalue weighted by molar-refractivity contribution is 7.89. The zero-order valence-electron chi connectivity index (χ0n) is 16.7. The van der Waals surface area contributed by atoms with E-state index in [9.17, 15) is 18.3 Å². The molecule has 3 aromatic carbocycles. The number of benzene rings is 3. The monoisotopic (exact) mass is 452 g/mol. The van der Waals surface area contributed by atoms with Gasteiger partial charge in [-0.2, -0.15) is 0 Å². The second kappa shape index (κ2) is 8.58. The smallest absolute Gasteiger partial charge is 0.335 e. The van der Waals surface area contributed by atoms with Crippen LogP contribution in [0.5, 0.6) is 0 Å². The number of aromatic carboxylic acids is 1. The van der Waals surface area contributed by atoms with Crippen LogP contribution in [0.4, 0.5) is 0 Å². The fourth-order valence-electron chi connectivity index (χ4n) is 3.24. The number of nitrogens with one attached hydrogen (secondary N) is 1. The molecule has 0 atom stereocenters. The van der Waals surface area contributed by atoms with Gasteiger partial charge in [-0.25, -0.2) is 22.9 Å². The molecule has 158 valence electrons. The predicted molar refractivity (Wildman–Crippen MR) is 122 cm³/mol. The van der Waals surface area contributed by atoms with Crippen LogP contribution in [-0.2, 0) is 16.4 Å². The van der Waals surface area contributed by atoms with E-state index in [1.807, 2.05) is 48.5 Å². The third-order valence-electron chi connectivity index (χ3n) is 4.93. The Morgan fingerprint density at radius 1 is 1.06 bits per heavy atom. The van der Waals surface area contributed by atoms with Crippen LogP contribution in [0.2, 0.25) is 0 Å². The standard InChI is InChI=1S/C23H20N2O4S2/c1-15-7-9-18(14-19(15)23(26)27)31(28,29)24-12-11-16-8-10-21-20(13-16)25-22(30-21)17-5-3-2-4-6-17/h2-10,13-14,24H,11-12H2,1H3,(H,26,27). The van der Waals surface area contributed by atoms with E-state index in [2.05, 4.69) is 4.72 Å². The lowest BCUT2D eigenvalue weighted by Gasteiger charge is -2.09. The van der Waals surface area contributed by atoms with Crippen LogP contribution in [-0.4, -0.2) is 31.0 Å². The van der Waals surface area contributed by atoms with Crippen molar-refractivity contribution in [1.82, 2.24) is 9.71 Å². The van der Waals surface area contributed by atoms with Gasteiger partial charge < -0.3 is 5.11 Å². The highest BCUT2D eigenvalue weighted by atomic mass is 32.2. The van der Waals surface area contributed by atoms with Gasteiger partial charge in [0.2, 0.25) is 10.0 Å². The molecule has 0 spiro atoms. The van der Waals surface area contributed by atoms with Crippen LogP contribution >= 0.6 is 11.3 Å². The Morgan fingerprint density at radius 3 is 2.58 bits per heavy atom. The normalized spacial score (nSPS) is 11.6. The first-order chi connectivity index (χ1) is 14.8. The number of aryl methyl sites for hydroxylation is 1. The molecule has 1 aromatic heterocycles. The lowest BCUT2D eigenvalue weighted by molar-refractivity contribution is 0.0696. The summed E-state index contributed by atoms with van der Waals surface area (Å²) >= 11 is 1.62. The molecule has 0 bridgehead atoms. The van der Waals surface area contributed by atoms with Gasteiger partial charge in [-0.05, 0) is 48.7 Å². The van der Waals surface area contributed by atoms with Crippen LogP contribution in [0.15, 0.2) is 71.6 Å². The average Bonchev–Trinajstić information content (AvgIpc) is 3.18. The van der Waals surface area contributed by atoms with Crippen molar-refractivity contribution in [1.29, 1.82) is 0 Å². The number of fused-ring (bicyclic) bond motifs is 1. The minimum atomic E-state index is -3.80. The van der Waals surface area contributed by atoms with Crippen molar-refractivity contribution < 1.29 is 18.3 Å². The predicted octanol–water partition coefficient (Wildman–Crippen LogP) is 4.49. The molecule has 0 aliphatic carbocycles. The maximum Gasteiger partial charge on any atom is 0.335 e. The van der Waals surface area contributed by atoms with Gasteiger partial charge in [-0.3, -0.25) is 0 Å². The number of hydrogen-bond donors (Lipinski definition) is 2. The van der Waals surface area contributed by atoms with Crippen molar-refractivity contribution in [3.63, 3.8) is 0 Å². The first kappa shape index (κ1) is 21.2. The Balaban J connectivity index is 1.47. The second-order valence-electron chi connectivity index (χ2n) is 7.12. The Bertz CT molecular complexity index is 1360. The molecule has 0 saturated carbocycles. The molecule has 4 aromatic rings. The van der Waals surface area contributed by atoms with Crippen LogP contribution in [0.1, 0.15) is 21.5 Å². The lowest BCUT2D eigenvalue weighted by atomic mass is 10.1. The van der Waals surface area contributed by atoms with E-state index in [-0.39, 0.29) is 17.0 Å². The second-order valence-corrected chi connectivity index (χ2v) is 9.91. The van der Waals surface area contributed by atoms with E-state index >= 15 is 0 Å². The van der Waals surface area contributed by atoms with Crippen LogP contribution in [0, 0.1) is 6.92 Å². The van der Waals surface area contributed by atoms with E-state index < -0.39 is 16.0 Å². The van der Waals surface area contributed by atoms with E-state index in [1.165, 1.54) is 18.2 Å². The van der Waals surface area contributed by atoms with Crippen LogP contribution < -0.4 is 4.72 Å². The van der Waals surface area contributed by atoms with Gasteiger partial charge in [0.15, 0.2) is 0 Å². The molecule has 4 rings (SSSR count). The van der Waals surface area contributed by atoms with Crippen molar-refractivity contribution in [2.24, 2.45) is 0 Å². The molecule has 0 amide bonds. The van der Waals surface area contributed by atoms with Gasteiger partial charge >= 0.3 is 5.97 Å². The fraction of sp³-hybridized carbons (Fsp3) is 0.130. The minimum absolute atomic E-state index is 0.0221. The summed E-state index contributed by atoms with van der Waals surface area (Å²) in [4.78, 5) is 15.9. The number of carboxylic acids is 1. The molecule has 0 aliphatic rings. The topological polar surface area (TPSA) is 96.4 Å². The highest BCUT2D eigenvalue weighted by Crippen LogP contribution is 2.30. The van der Waals surface area contributed by atoms with Gasteiger partial charge in [-0.15, -0.1) is 11.3 Å². The highest BCUT2D eigenvalue weighted by Gasteiger charge is 2.17. The van der Waals surface area contributed by atoms with E-state index in [0.29, 0.717) is 12.0 Å². The van der Waals surface area contributed by atoms with Crippen molar-refractivity contribution in [3.8, 4) is 10.6 Å². The Kier molecular flexibility index (Phi) is 5.86. The molecule has 6 nitrogen and oxygen atoms in total.